The molecule has 3 aromatic rings. The van der Waals surface area contributed by atoms with Gasteiger partial charge in [-0.05, 0) is 77.5 Å². The summed E-state index contributed by atoms with van der Waals surface area (Å²) in [5.41, 5.74) is 2.14. The van der Waals surface area contributed by atoms with Gasteiger partial charge in [0.2, 0.25) is 10.0 Å². The molecule has 2 atom stereocenters. The Labute approximate surface area is 235 Å². The van der Waals surface area contributed by atoms with Crippen LogP contribution in [0.2, 0.25) is 0 Å². The van der Waals surface area contributed by atoms with Crippen molar-refractivity contribution in [1.29, 1.82) is 0 Å². The first kappa shape index (κ1) is 29.7. The van der Waals surface area contributed by atoms with Crippen LogP contribution < -0.4 is 15.0 Å². The van der Waals surface area contributed by atoms with Crippen molar-refractivity contribution >= 4 is 15.5 Å². The van der Waals surface area contributed by atoms with Crippen LogP contribution >= 0.6 is 0 Å². The smallest absolute Gasteiger partial charge is 0.277 e. The summed E-state index contributed by atoms with van der Waals surface area (Å²) in [7, 11) is -4.02. The second kappa shape index (κ2) is 12.9. The van der Waals surface area contributed by atoms with E-state index in [-0.39, 0.29) is 16.3 Å². The third-order valence-electron chi connectivity index (χ3n) is 6.97. The lowest BCUT2D eigenvalue weighted by molar-refractivity contribution is 0.150. The van der Waals surface area contributed by atoms with Crippen LogP contribution in [-0.4, -0.2) is 51.9 Å². The molecule has 0 radical (unpaired) electrons. The molecule has 2 heterocycles. The number of benzene rings is 1. The highest BCUT2D eigenvalue weighted by molar-refractivity contribution is 7.89. The lowest BCUT2D eigenvalue weighted by Gasteiger charge is -2.22. The van der Waals surface area contributed by atoms with Crippen LogP contribution in [0.5, 0.6) is 5.75 Å². The number of aliphatic hydroxyl groups is 1. The van der Waals surface area contributed by atoms with E-state index in [4.69, 9.17) is 4.74 Å². The number of nitrogens with one attached hydrogen (secondary N) is 2. The molecule has 0 fully saturated rings. The summed E-state index contributed by atoms with van der Waals surface area (Å²) in [6.45, 7) is 7.52. The van der Waals surface area contributed by atoms with E-state index < -0.39 is 22.2 Å². The molecule has 0 bridgehead atoms. The molecule has 2 aromatic heterocycles. The molecule has 1 aliphatic carbocycles. The fourth-order valence-corrected chi connectivity index (χ4v) is 6.30. The van der Waals surface area contributed by atoms with E-state index in [9.17, 15) is 18.3 Å². The van der Waals surface area contributed by atoms with Crippen LogP contribution in [0.3, 0.4) is 0 Å². The number of H-pyrrole nitrogens is 1. The number of hydrogen-bond acceptors (Lipinski definition) is 7. The van der Waals surface area contributed by atoms with Gasteiger partial charge in [0.25, 0.3) is 5.56 Å². The summed E-state index contributed by atoms with van der Waals surface area (Å²) in [5, 5.41) is 15.0. The second-order valence-electron chi connectivity index (χ2n) is 10.1. The van der Waals surface area contributed by atoms with Crippen molar-refractivity contribution in [2.45, 2.75) is 89.7 Å². The van der Waals surface area contributed by atoms with Crippen molar-refractivity contribution in [3.05, 3.63) is 63.9 Å². The highest BCUT2D eigenvalue weighted by atomic mass is 32.2. The van der Waals surface area contributed by atoms with Gasteiger partial charge in [0.05, 0.1) is 28.9 Å². The number of imidazole rings is 1. The summed E-state index contributed by atoms with van der Waals surface area (Å²) in [5.74, 6) is 1.22. The van der Waals surface area contributed by atoms with Gasteiger partial charge in [-0.3, -0.25) is 4.79 Å². The number of aliphatic hydroxyl groups excluding tert-OH is 1. The van der Waals surface area contributed by atoms with E-state index in [0.717, 1.165) is 32.1 Å². The van der Waals surface area contributed by atoms with Gasteiger partial charge in [-0.2, -0.15) is 0 Å². The number of sulfonamides is 1. The normalized spacial score (nSPS) is 15.3. The predicted molar refractivity (Wildman–Crippen MR) is 155 cm³/mol. The highest BCUT2D eigenvalue weighted by Crippen LogP contribution is 2.31. The molecule has 1 aromatic carbocycles. The SMILES string of the molecule is CCCc1nc(C)c2c(=O)[nH]c(-c3cc(S(=O)(=O)NC(CCCC4=CCCC=C4)C(C)O)ccc3OCC)nn12. The first-order chi connectivity index (χ1) is 19.1. The average Bonchev–Trinajstić information content (AvgIpc) is 3.24. The summed E-state index contributed by atoms with van der Waals surface area (Å²) in [6, 6.07) is 3.79. The summed E-state index contributed by atoms with van der Waals surface area (Å²) < 4.78 is 37.0. The Hall–Kier alpha value is -3.28. The van der Waals surface area contributed by atoms with Gasteiger partial charge >= 0.3 is 0 Å². The first-order valence-corrected chi connectivity index (χ1v) is 15.4. The van der Waals surface area contributed by atoms with E-state index in [2.05, 4.69) is 38.0 Å². The third kappa shape index (κ3) is 6.71. The number of hydrogen-bond donors (Lipinski definition) is 3. The Morgan fingerprint density at radius 1 is 1.23 bits per heavy atom. The number of aromatic nitrogens is 4. The van der Waals surface area contributed by atoms with Gasteiger partial charge in [0.15, 0.2) is 11.3 Å². The first-order valence-electron chi connectivity index (χ1n) is 14.0. The van der Waals surface area contributed by atoms with Gasteiger partial charge in [-0.15, -0.1) is 5.10 Å². The number of fused-ring (bicyclic) bond motifs is 1. The maximum atomic E-state index is 13.5. The molecule has 0 saturated carbocycles. The van der Waals surface area contributed by atoms with Crippen molar-refractivity contribution in [3.63, 3.8) is 0 Å². The van der Waals surface area contributed by atoms with Crippen LogP contribution in [0.4, 0.5) is 0 Å². The van der Waals surface area contributed by atoms with Crippen LogP contribution in [0.25, 0.3) is 16.9 Å². The zero-order valence-corrected chi connectivity index (χ0v) is 24.4. The van der Waals surface area contributed by atoms with Crippen LogP contribution in [0.1, 0.15) is 70.8 Å². The summed E-state index contributed by atoms with van der Waals surface area (Å²) in [4.78, 5) is 20.3. The minimum Gasteiger partial charge on any atom is -0.493 e. The van der Waals surface area contributed by atoms with Gasteiger partial charge in [-0.25, -0.2) is 22.6 Å². The molecule has 0 spiro atoms. The molecule has 0 amide bonds. The quantitative estimate of drug-likeness (QED) is 0.280. The Morgan fingerprint density at radius 3 is 2.70 bits per heavy atom. The van der Waals surface area contributed by atoms with E-state index in [1.54, 1.807) is 19.9 Å². The van der Waals surface area contributed by atoms with Crippen LogP contribution in [0.15, 0.2) is 51.7 Å². The Bertz CT molecular complexity index is 1570. The molecule has 3 N–H and O–H groups in total. The molecule has 11 heteroatoms. The number of allylic oxidation sites excluding steroid dienone is 4. The summed E-state index contributed by atoms with van der Waals surface area (Å²) >= 11 is 0. The van der Waals surface area contributed by atoms with Crippen LogP contribution in [-0.2, 0) is 16.4 Å². The molecule has 0 saturated heterocycles. The van der Waals surface area contributed by atoms with Crippen molar-refractivity contribution in [2.75, 3.05) is 6.61 Å². The fraction of sp³-hybridized carbons (Fsp3) is 0.483. The Morgan fingerprint density at radius 2 is 2.02 bits per heavy atom. The topological polar surface area (TPSA) is 139 Å². The van der Waals surface area contributed by atoms with Crippen molar-refractivity contribution in [1.82, 2.24) is 24.3 Å². The number of rotatable bonds is 13. The van der Waals surface area contributed by atoms with Gasteiger partial charge < -0.3 is 14.8 Å². The molecule has 2 unspecified atom stereocenters. The molecule has 0 aliphatic heterocycles. The monoisotopic (exact) mass is 569 g/mol. The molecule has 10 nitrogen and oxygen atoms in total. The van der Waals surface area contributed by atoms with Crippen molar-refractivity contribution in [2.24, 2.45) is 0 Å². The lowest BCUT2D eigenvalue weighted by Crippen LogP contribution is -2.42. The minimum absolute atomic E-state index is 0.0205. The van der Waals surface area contributed by atoms with Crippen LogP contribution in [0, 0.1) is 6.92 Å². The largest absolute Gasteiger partial charge is 0.493 e. The standard InChI is InChI=1S/C29H39N5O5S/c1-5-11-26-30-19(3)27-29(36)31-28(32-34(26)27)23-18-22(16-17-25(23)39-6-2)40(37,38)33-24(20(4)35)15-10-14-21-12-8-7-9-13-21/h8,12-13,16-18,20,24,33,35H,5-7,9-11,14-15H2,1-4H3,(H,31,32,36). The summed E-state index contributed by atoms with van der Waals surface area (Å²) in [6.07, 6.45) is 11.1. The zero-order chi connectivity index (χ0) is 28.9. The Balaban J connectivity index is 1.66. The van der Waals surface area contributed by atoms with E-state index in [0.29, 0.717) is 47.8 Å². The fourth-order valence-electron chi connectivity index (χ4n) is 4.93. The Kier molecular flexibility index (Phi) is 9.60. The molecular formula is C29H39N5O5S. The molecule has 4 rings (SSSR count). The van der Waals surface area contributed by atoms with E-state index in [1.165, 1.54) is 22.2 Å². The molecule has 1 aliphatic rings. The number of nitrogens with zero attached hydrogens (tertiary/aromatic N) is 3. The number of aryl methyl sites for hydroxylation is 2. The molecule has 216 valence electrons. The van der Waals surface area contributed by atoms with E-state index >= 15 is 0 Å². The third-order valence-corrected chi connectivity index (χ3v) is 8.46. The van der Waals surface area contributed by atoms with Crippen molar-refractivity contribution < 1.29 is 18.3 Å². The molecular weight excluding hydrogens is 530 g/mol. The minimum atomic E-state index is -4.02. The molecule has 40 heavy (non-hydrogen) atoms. The predicted octanol–water partition coefficient (Wildman–Crippen LogP) is 4.22. The number of aromatic amines is 1. The average molecular weight is 570 g/mol. The lowest BCUT2D eigenvalue weighted by atomic mass is 9.99. The maximum absolute atomic E-state index is 13.5. The van der Waals surface area contributed by atoms with Gasteiger partial charge in [0.1, 0.15) is 11.6 Å². The van der Waals surface area contributed by atoms with Gasteiger partial charge in [0, 0.05) is 12.5 Å². The second-order valence-corrected chi connectivity index (χ2v) is 11.9. The number of ether oxygens (including phenoxy) is 1. The van der Waals surface area contributed by atoms with Gasteiger partial charge in [-0.1, -0.05) is 30.7 Å². The zero-order valence-electron chi connectivity index (χ0n) is 23.6. The highest BCUT2D eigenvalue weighted by Gasteiger charge is 2.25. The maximum Gasteiger partial charge on any atom is 0.277 e. The van der Waals surface area contributed by atoms with E-state index in [1.807, 2.05) is 13.8 Å². The van der Waals surface area contributed by atoms with Crippen molar-refractivity contribution in [3.8, 4) is 17.1 Å².